The van der Waals surface area contributed by atoms with Crippen LogP contribution in [0.1, 0.15) is 25.1 Å². The summed E-state index contributed by atoms with van der Waals surface area (Å²) < 4.78 is 7.23. The second-order valence-corrected chi connectivity index (χ2v) is 3.84. The minimum Gasteiger partial charge on any atom is -0.378 e. The number of nitrogens with zero attached hydrogens (tertiary/aromatic N) is 3. The topological polar surface area (TPSA) is 66.0 Å². The molecule has 1 aromatic heterocycles. The molecule has 0 saturated carbocycles. The molecule has 3 atom stereocenters. The van der Waals surface area contributed by atoms with Crippen LogP contribution in [0.15, 0.2) is 6.20 Å². The standard InChI is InChI=1S/C9H16N4O/c1-6-7(3-4-14-6)9(10)8-5-11-12-13(8)2/h5-7,9H,3-4,10H2,1-2H3. The minimum absolute atomic E-state index is 0.0208. The average Bonchev–Trinajstić information content (AvgIpc) is 2.73. The first-order chi connectivity index (χ1) is 6.70. The maximum Gasteiger partial charge on any atom is 0.0754 e. The molecule has 5 heteroatoms. The third-order valence-corrected chi connectivity index (χ3v) is 2.99. The molecule has 2 rings (SSSR count). The smallest absolute Gasteiger partial charge is 0.0754 e. The molecule has 0 radical (unpaired) electrons. The van der Waals surface area contributed by atoms with E-state index in [1.807, 2.05) is 7.05 Å². The predicted octanol–water partition coefficient (Wildman–Crippen LogP) is 0.240. The second kappa shape index (κ2) is 3.67. The highest BCUT2D eigenvalue weighted by Gasteiger charge is 2.32. The Bertz CT molecular complexity index is 312. The van der Waals surface area contributed by atoms with Crippen LogP contribution >= 0.6 is 0 Å². The first-order valence-electron chi connectivity index (χ1n) is 4.92. The molecular formula is C9H16N4O. The van der Waals surface area contributed by atoms with Gasteiger partial charge in [-0.15, -0.1) is 5.10 Å². The quantitative estimate of drug-likeness (QED) is 0.735. The first-order valence-corrected chi connectivity index (χ1v) is 4.92. The predicted molar refractivity (Wildman–Crippen MR) is 51.5 cm³/mol. The van der Waals surface area contributed by atoms with E-state index in [1.165, 1.54) is 0 Å². The molecule has 0 bridgehead atoms. The van der Waals surface area contributed by atoms with E-state index in [9.17, 15) is 0 Å². The van der Waals surface area contributed by atoms with Gasteiger partial charge in [0.15, 0.2) is 0 Å². The third-order valence-electron chi connectivity index (χ3n) is 2.99. The van der Waals surface area contributed by atoms with E-state index in [0.29, 0.717) is 5.92 Å². The largest absolute Gasteiger partial charge is 0.378 e. The zero-order valence-electron chi connectivity index (χ0n) is 8.55. The van der Waals surface area contributed by atoms with Crippen molar-refractivity contribution in [1.82, 2.24) is 15.0 Å². The zero-order chi connectivity index (χ0) is 10.1. The van der Waals surface area contributed by atoms with Gasteiger partial charge in [-0.1, -0.05) is 5.21 Å². The molecule has 14 heavy (non-hydrogen) atoms. The molecule has 0 amide bonds. The molecule has 1 aliphatic heterocycles. The van der Waals surface area contributed by atoms with E-state index in [0.717, 1.165) is 18.7 Å². The molecule has 0 aliphatic carbocycles. The number of hydrogen-bond donors (Lipinski definition) is 1. The molecule has 1 saturated heterocycles. The van der Waals surface area contributed by atoms with Gasteiger partial charge in [-0.3, -0.25) is 4.68 Å². The highest BCUT2D eigenvalue weighted by atomic mass is 16.5. The van der Waals surface area contributed by atoms with E-state index >= 15 is 0 Å². The first kappa shape index (κ1) is 9.61. The van der Waals surface area contributed by atoms with Crippen molar-refractivity contribution in [1.29, 1.82) is 0 Å². The summed E-state index contributed by atoms with van der Waals surface area (Å²) in [5.41, 5.74) is 7.13. The summed E-state index contributed by atoms with van der Waals surface area (Å²) in [6, 6.07) is -0.0208. The third kappa shape index (κ3) is 1.53. The Balaban J connectivity index is 2.15. The van der Waals surface area contributed by atoms with Crippen molar-refractivity contribution in [2.24, 2.45) is 18.7 Å². The van der Waals surface area contributed by atoms with Gasteiger partial charge in [-0.25, -0.2) is 0 Å². The maximum absolute atomic E-state index is 6.16. The van der Waals surface area contributed by atoms with Crippen LogP contribution in [-0.2, 0) is 11.8 Å². The molecule has 1 aliphatic rings. The molecule has 1 fully saturated rings. The van der Waals surface area contributed by atoms with Crippen LogP contribution in [0.25, 0.3) is 0 Å². The fourth-order valence-corrected chi connectivity index (χ4v) is 2.04. The molecule has 3 unspecified atom stereocenters. The summed E-state index contributed by atoms with van der Waals surface area (Å²) in [5, 5.41) is 7.71. The van der Waals surface area contributed by atoms with Crippen molar-refractivity contribution in [3.8, 4) is 0 Å². The van der Waals surface area contributed by atoms with Crippen LogP contribution < -0.4 is 5.73 Å². The van der Waals surface area contributed by atoms with Gasteiger partial charge in [0.1, 0.15) is 0 Å². The SMILES string of the molecule is CC1OCCC1C(N)c1cnnn1C. The van der Waals surface area contributed by atoms with Crippen LogP contribution in [0.2, 0.25) is 0 Å². The molecular weight excluding hydrogens is 180 g/mol. The van der Waals surface area contributed by atoms with E-state index in [4.69, 9.17) is 10.5 Å². The lowest BCUT2D eigenvalue weighted by atomic mass is 9.92. The monoisotopic (exact) mass is 196 g/mol. The lowest BCUT2D eigenvalue weighted by molar-refractivity contribution is 0.0988. The summed E-state index contributed by atoms with van der Waals surface area (Å²) in [5.74, 6) is 0.382. The average molecular weight is 196 g/mol. The zero-order valence-corrected chi connectivity index (χ0v) is 8.55. The fraction of sp³-hybridized carbons (Fsp3) is 0.778. The van der Waals surface area contributed by atoms with Gasteiger partial charge in [0, 0.05) is 19.6 Å². The minimum atomic E-state index is -0.0208. The molecule has 0 spiro atoms. The van der Waals surface area contributed by atoms with Crippen molar-refractivity contribution in [3.63, 3.8) is 0 Å². The fourth-order valence-electron chi connectivity index (χ4n) is 2.04. The van der Waals surface area contributed by atoms with Crippen LogP contribution in [0.4, 0.5) is 0 Å². The van der Waals surface area contributed by atoms with E-state index in [-0.39, 0.29) is 12.1 Å². The van der Waals surface area contributed by atoms with Crippen molar-refractivity contribution >= 4 is 0 Å². The van der Waals surface area contributed by atoms with Gasteiger partial charge in [-0.05, 0) is 13.3 Å². The number of hydrogen-bond acceptors (Lipinski definition) is 4. The van der Waals surface area contributed by atoms with Gasteiger partial charge >= 0.3 is 0 Å². The molecule has 5 nitrogen and oxygen atoms in total. The van der Waals surface area contributed by atoms with Crippen molar-refractivity contribution in [2.45, 2.75) is 25.5 Å². The second-order valence-electron chi connectivity index (χ2n) is 3.84. The van der Waals surface area contributed by atoms with Crippen LogP contribution in [0.3, 0.4) is 0 Å². The lowest BCUT2D eigenvalue weighted by Gasteiger charge is -2.21. The number of aryl methyl sites for hydroxylation is 1. The van der Waals surface area contributed by atoms with Gasteiger partial charge in [0.2, 0.25) is 0 Å². The normalized spacial score (nSPS) is 29.4. The Morgan fingerprint density at radius 1 is 1.71 bits per heavy atom. The van der Waals surface area contributed by atoms with Gasteiger partial charge in [0.25, 0.3) is 0 Å². The summed E-state index contributed by atoms with van der Waals surface area (Å²) >= 11 is 0. The van der Waals surface area contributed by atoms with Gasteiger partial charge in [0.05, 0.1) is 24.0 Å². The van der Waals surface area contributed by atoms with Crippen LogP contribution in [-0.4, -0.2) is 27.7 Å². The number of ether oxygens (including phenoxy) is 1. The van der Waals surface area contributed by atoms with Gasteiger partial charge < -0.3 is 10.5 Å². The number of aromatic nitrogens is 3. The molecule has 2 heterocycles. The van der Waals surface area contributed by atoms with Crippen LogP contribution in [0.5, 0.6) is 0 Å². The molecule has 2 N–H and O–H groups in total. The molecule has 78 valence electrons. The van der Waals surface area contributed by atoms with E-state index in [2.05, 4.69) is 17.2 Å². The number of rotatable bonds is 2. The number of nitrogens with two attached hydrogens (primary N) is 1. The molecule has 1 aromatic rings. The van der Waals surface area contributed by atoms with Gasteiger partial charge in [-0.2, -0.15) is 0 Å². The highest BCUT2D eigenvalue weighted by molar-refractivity contribution is 5.04. The lowest BCUT2D eigenvalue weighted by Crippen LogP contribution is -2.28. The summed E-state index contributed by atoms with van der Waals surface area (Å²) in [7, 11) is 1.86. The summed E-state index contributed by atoms with van der Waals surface area (Å²) in [6.45, 7) is 2.88. The van der Waals surface area contributed by atoms with Crippen molar-refractivity contribution in [3.05, 3.63) is 11.9 Å². The van der Waals surface area contributed by atoms with E-state index < -0.39 is 0 Å². The molecule has 0 aromatic carbocycles. The Labute approximate surface area is 83.2 Å². The van der Waals surface area contributed by atoms with Crippen molar-refractivity contribution in [2.75, 3.05) is 6.61 Å². The van der Waals surface area contributed by atoms with E-state index in [1.54, 1.807) is 10.9 Å². The summed E-state index contributed by atoms with van der Waals surface area (Å²) in [6.07, 6.45) is 2.99. The Morgan fingerprint density at radius 3 is 3.00 bits per heavy atom. The van der Waals surface area contributed by atoms with Crippen LogP contribution in [0, 0.1) is 5.92 Å². The summed E-state index contributed by atoms with van der Waals surface area (Å²) in [4.78, 5) is 0. The Hall–Kier alpha value is -0.940. The highest BCUT2D eigenvalue weighted by Crippen LogP contribution is 2.30. The van der Waals surface area contributed by atoms with Crippen molar-refractivity contribution < 1.29 is 4.74 Å². The Kier molecular flexibility index (Phi) is 2.52. The maximum atomic E-state index is 6.16. The Morgan fingerprint density at radius 2 is 2.50 bits per heavy atom.